The molecule has 0 aliphatic carbocycles. The lowest BCUT2D eigenvalue weighted by atomic mass is 10.1. The number of anilines is 2. The Kier molecular flexibility index (Phi) is 6.44. The molecule has 0 radical (unpaired) electrons. The number of nitrogens with zero attached hydrogens (tertiary/aromatic N) is 1. The average molecular weight is 408 g/mol. The number of aromatic nitrogens is 1. The first kappa shape index (κ1) is 20.7. The van der Waals surface area contributed by atoms with E-state index < -0.39 is 0 Å². The Bertz CT molecular complexity index is 1030. The molecule has 0 aliphatic rings. The normalized spacial score (nSPS) is 10.8. The van der Waals surface area contributed by atoms with Gasteiger partial charge in [0, 0.05) is 23.7 Å². The van der Waals surface area contributed by atoms with Gasteiger partial charge in [-0.2, -0.15) is 0 Å². The predicted molar refractivity (Wildman–Crippen MR) is 119 cm³/mol. The van der Waals surface area contributed by atoms with Gasteiger partial charge in [-0.1, -0.05) is 50.2 Å². The molecule has 0 spiro atoms. The smallest absolute Gasteiger partial charge is 0.267 e. The zero-order valence-electron chi connectivity index (χ0n) is 17.1. The van der Waals surface area contributed by atoms with E-state index in [9.17, 15) is 9.59 Å². The lowest BCUT2D eigenvalue weighted by molar-refractivity contribution is -0.118. The number of amides is 2. The van der Waals surface area contributed by atoms with Gasteiger partial charge in [0.25, 0.3) is 5.91 Å². The van der Waals surface area contributed by atoms with Crippen LogP contribution in [0.15, 0.2) is 48.5 Å². The Hall–Kier alpha value is -2.99. The zero-order valence-corrected chi connectivity index (χ0v) is 17.9. The monoisotopic (exact) mass is 407 g/mol. The molecule has 0 atom stereocenters. The van der Waals surface area contributed by atoms with Crippen molar-refractivity contribution in [1.29, 1.82) is 0 Å². The van der Waals surface area contributed by atoms with Crippen LogP contribution in [0, 0.1) is 19.8 Å². The Morgan fingerprint density at radius 3 is 2.45 bits per heavy atom. The summed E-state index contributed by atoms with van der Waals surface area (Å²) in [6, 6.07) is 15.6. The molecule has 0 saturated heterocycles. The van der Waals surface area contributed by atoms with Crippen molar-refractivity contribution in [3.8, 4) is 0 Å². The van der Waals surface area contributed by atoms with Gasteiger partial charge in [-0.15, -0.1) is 11.3 Å². The largest absolute Gasteiger partial charge is 0.326 e. The molecule has 150 valence electrons. The summed E-state index contributed by atoms with van der Waals surface area (Å²) < 4.78 is 0. The van der Waals surface area contributed by atoms with Crippen LogP contribution in [-0.4, -0.2) is 16.8 Å². The molecule has 1 heterocycles. The van der Waals surface area contributed by atoms with E-state index >= 15 is 0 Å². The highest BCUT2D eigenvalue weighted by Gasteiger charge is 2.17. The van der Waals surface area contributed by atoms with E-state index in [0.717, 1.165) is 21.8 Å². The van der Waals surface area contributed by atoms with Crippen molar-refractivity contribution in [2.45, 2.75) is 34.1 Å². The number of carbonyl (C=O) groups is 2. The lowest BCUT2D eigenvalue weighted by Crippen LogP contribution is -2.18. The number of hydrogen-bond acceptors (Lipinski definition) is 4. The SMILES string of the molecule is Cc1ccc(NC(=O)C(C)C)cc1NC(=O)c1sc(Cc2ccccc2)nc1C. The molecule has 29 heavy (non-hydrogen) atoms. The number of thiazole rings is 1. The molecule has 0 bridgehead atoms. The zero-order chi connectivity index (χ0) is 21.0. The van der Waals surface area contributed by atoms with Gasteiger partial charge in [0.2, 0.25) is 5.91 Å². The molecule has 0 unspecified atom stereocenters. The molecular weight excluding hydrogens is 382 g/mol. The summed E-state index contributed by atoms with van der Waals surface area (Å²) in [6.45, 7) is 7.45. The number of aryl methyl sites for hydroxylation is 2. The van der Waals surface area contributed by atoms with Gasteiger partial charge in [0.05, 0.1) is 10.7 Å². The molecule has 2 amide bonds. The van der Waals surface area contributed by atoms with Crippen LogP contribution in [0.1, 0.15) is 45.3 Å². The number of nitrogens with one attached hydrogen (secondary N) is 2. The van der Waals surface area contributed by atoms with E-state index in [1.165, 1.54) is 11.3 Å². The van der Waals surface area contributed by atoms with Crippen LogP contribution in [0.4, 0.5) is 11.4 Å². The predicted octanol–water partition coefficient (Wildman–Crippen LogP) is 5.20. The highest BCUT2D eigenvalue weighted by molar-refractivity contribution is 7.14. The van der Waals surface area contributed by atoms with E-state index in [1.807, 2.05) is 58.0 Å². The first-order chi connectivity index (χ1) is 13.8. The molecule has 0 aliphatic heterocycles. The highest BCUT2D eigenvalue weighted by Crippen LogP contribution is 2.25. The van der Waals surface area contributed by atoms with Gasteiger partial charge in [-0.05, 0) is 37.1 Å². The molecule has 2 N–H and O–H groups in total. The molecule has 6 heteroatoms. The molecule has 1 aromatic heterocycles. The van der Waals surface area contributed by atoms with Gasteiger partial charge >= 0.3 is 0 Å². The minimum Gasteiger partial charge on any atom is -0.326 e. The van der Waals surface area contributed by atoms with E-state index in [0.29, 0.717) is 22.7 Å². The van der Waals surface area contributed by atoms with Crippen molar-refractivity contribution in [3.63, 3.8) is 0 Å². The van der Waals surface area contributed by atoms with Crippen molar-refractivity contribution < 1.29 is 9.59 Å². The van der Waals surface area contributed by atoms with Crippen LogP contribution >= 0.6 is 11.3 Å². The van der Waals surface area contributed by atoms with Gasteiger partial charge < -0.3 is 10.6 Å². The van der Waals surface area contributed by atoms with Crippen LogP contribution in [0.5, 0.6) is 0 Å². The third-order valence-electron chi connectivity index (χ3n) is 4.52. The van der Waals surface area contributed by atoms with Crippen LogP contribution < -0.4 is 10.6 Å². The minimum absolute atomic E-state index is 0.0602. The molecule has 5 nitrogen and oxygen atoms in total. The molecule has 0 saturated carbocycles. The summed E-state index contributed by atoms with van der Waals surface area (Å²) in [5, 5.41) is 6.74. The molecular formula is C23H25N3O2S. The standard InChI is InChI=1S/C23H25N3O2S/c1-14(2)22(27)25-18-11-10-15(3)19(13-18)26-23(28)21-16(4)24-20(29-21)12-17-8-6-5-7-9-17/h5-11,13-14H,12H2,1-4H3,(H,25,27)(H,26,28). The van der Waals surface area contributed by atoms with Crippen molar-refractivity contribution in [1.82, 2.24) is 4.98 Å². The van der Waals surface area contributed by atoms with Gasteiger partial charge in [0.15, 0.2) is 0 Å². The van der Waals surface area contributed by atoms with E-state index in [-0.39, 0.29) is 17.7 Å². The maximum absolute atomic E-state index is 12.9. The average Bonchev–Trinajstić information content (AvgIpc) is 3.05. The second-order valence-corrected chi connectivity index (χ2v) is 8.40. The number of benzene rings is 2. The number of carbonyl (C=O) groups excluding carboxylic acids is 2. The highest BCUT2D eigenvalue weighted by atomic mass is 32.1. The number of rotatable bonds is 6. The summed E-state index contributed by atoms with van der Waals surface area (Å²) in [4.78, 5) is 30.0. The Morgan fingerprint density at radius 2 is 1.76 bits per heavy atom. The molecule has 0 fully saturated rings. The van der Waals surface area contributed by atoms with Crippen molar-refractivity contribution in [2.75, 3.05) is 10.6 Å². The van der Waals surface area contributed by atoms with Gasteiger partial charge in [-0.25, -0.2) is 4.98 Å². The Balaban J connectivity index is 1.75. The second-order valence-electron chi connectivity index (χ2n) is 7.31. The Labute approximate surface area is 175 Å². The lowest BCUT2D eigenvalue weighted by Gasteiger charge is -2.12. The third-order valence-corrected chi connectivity index (χ3v) is 5.68. The topological polar surface area (TPSA) is 71.1 Å². The van der Waals surface area contributed by atoms with Crippen LogP contribution in [-0.2, 0) is 11.2 Å². The molecule has 3 rings (SSSR count). The summed E-state index contributed by atoms with van der Waals surface area (Å²) in [5.41, 5.74) is 4.15. The Morgan fingerprint density at radius 1 is 1.03 bits per heavy atom. The van der Waals surface area contributed by atoms with Crippen LogP contribution in [0.3, 0.4) is 0 Å². The summed E-state index contributed by atoms with van der Waals surface area (Å²) in [5.74, 6) is -0.359. The van der Waals surface area contributed by atoms with Crippen molar-refractivity contribution in [3.05, 3.63) is 75.2 Å². The van der Waals surface area contributed by atoms with Crippen molar-refractivity contribution in [2.24, 2.45) is 5.92 Å². The number of hydrogen-bond donors (Lipinski definition) is 2. The summed E-state index contributed by atoms with van der Waals surface area (Å²) >= 11 is 1.41. The van der Waals surface area contributed by atoms with Gasteiger partial charge in [-0.3, -0.25) is 9.59 Å². The maximum Gasteiger partial charge on any atom is 0.267 e. The van der Waals surface area contributed by atoms with E-state index in [2.05, 4.69) is 27.8 Å². The third kappa shape index (κ3) is 5.29. The van der Waals surface area contributed by atoms with Crippen molar-refractivity contribution >= 4 is 34.5 Å². The molecule has 3 aromatic rings. The van der Waals surface area contributed by atoms with Crippen LogP contribution in [0.25, 0.3) is 0 Å². The van der Waals surface area contributed by atoms with E-state index in [4.69, 9.17) is 0 Å². The second kappa shape index (κ2) is 9.01. The van der Waals surface area contributed by atoms with Crippen LogP contribution in [0.2, 0.25) is 0 Å². The van der Waals surface area contributed by atoms with Gasteiger partial charge in [0.1, 0.15) is 4.88 Å². The maximum atomic E-state index is 12.9. The summed E-state index contributed by atoms with van der Waals surface area (Å²) in [7, 11) is 0. The van der Waals surface area contributed by atoms with E-state index in [1.54, 1.807) is 6.07 Å². The first-order valence-electron chi connectivity index (χ1n) is 9.56. The fourth-order valence-corrected chi connectivity index (χ4v) is 3.80. The first-order valence-corrected chi connectivity index (χ1v) is 10.4. The fraction of sp³-hybridized carbons (Fsp3) is 0.261. The minimum atomic E-state index is -0.185. The fourth-order valence-electron chi connectivity index (χ4n) is 2.81. The quantitative estimate of drug-likeness (QED) is 0.590. The summed E-state index contributed by atoms with van der Waals surface area (Å²) in [6.07, 6.45) is 0.704. The molecule has 2 aromatic carbocycles.